The summed E-state index contributed by atoms with van der Waals surface area (Å²) in [6, 6.07) is 17.2. The first-order valence-corrected chi connectivity index (χ1v) is 7.90. The Bertz CT molecular complexity index is 896. The highest BCUT2D eigenvalue weighted by Gasteiger charge is 2.13. The fraction of sp³-hybridized carbons (Fsp3) is 0.100. The van der Waals surface area contributed by atoms with Crippen LogP contribution in [0.3, 0.4) is 0 Å². The monoisotopic (exact) mass is 347 g/mol. The Morgan fingerprint density at radius 2 is 1.85 bits per heavy atom. The van der Waals surface area contributed by atoms with Crippen LogP contribution in [0.1, 0.15) is 24.1 Å². The van der Waals surface area contributed by atoms with Crippen molar-refractivity contribution in [1.29, 1.82) is 5.26 Å². The van der Waals surface area contributed by atoms with Crippen molar-refractivity contribution in [1.82, 2.24) is 5.32 Å². The zero-order valence-electron chi connectivity index (χ0n) is 14.1. The lowest BCUT2D eigenvalue weighted by molar-refractivity contribution is -0.385. The molecule has 1 N–H and O–H groups in total. The molecule has 0 aromatic heterocycles. The summed E-state index contributed by atoms with van der Waals surface area (Å²) in [6.07, 6.45) is 4.28. The van der Waals surface area contributed by atoms with Gasteiger partial charge in [-0.2, -0.15) is 5.26 Å². The van der Waals surface area contributed by atoms with Gasteiger partial charge < -0.3 is 5.32 Å². The number of nitro benzene ring substituents is 1. The Morgan fingerprint density at radius 3 is 2.50 bits per heavy atom. The second-order valence-electron chi connectivity index (χ2n) is 5.47. The number of hydrogen-bond acceptors (Lipinski definition) is 4. The number of nitrogens with one attached hydrogen (secondary N) is 1. The maximum Gasteiger partial charge on any atom is 0.276 e. The van der Waals surface area contributed by atoms with Gasteiger partial charge >= 0.3 is 0 Å². The Balaban J connectivity index is 2.12. The van der Waals surface area contributed by atoms with Crippen molar-refractivity contribution < 1.29 is 9.72 Å². The van der Waals surface area contributed by atoms with Crippen LogP contribution in [-0.2, 0) is 4.79 Å². The molecule has 0 spiro atoms. The van der Waals surface area contributed by atoms with Crippen molar-refractivity contribution in [2.45, 2.75) is 13.0 Å². The van der Waals surface area contributed by atoms with E-state index in [1.807, 2.05) is 43.3 Å². The molecule has 26 heavy (non-hydrogen) atoms. The molecule has 1 unspecified atom stereocenters. The van der Waals surface area contributed by atoms with E-state index in [2.05, 4.69) is 5.32 Å². The second-order valence-corrected chi connectivity index (χ2v) is 5.47. The van der Waals surface area contributed by atoms with Gasteiger partial charge in [0.1, 0.15) is 11.6 Å². The van der Waals surface area contributed by atoms with Crippen molar-refractivity contribution in [3.05, 3.63) is 93.6 Å². The number of rotatable bonds is 6. The number of carbonyl (C=O) groups is 1. The summed E-state index contributed by atoms with van der Waals surface area (Å²) < 4.78 is 0. The molecule has 6 heteroatoms. The molecule has 2 rings (SSSR count). The number of nitriles is 1. The number of nitrogens with zero attached hydrogens (tertiary/aromatic N) is 2. The summed E-state index contributed by atoms with van der Waals surface area (Å²) in [5.41, 5.74) is 1.19. The van der Waals surface area contributed by atoms with Crippen molar-refractivity contribution in [2.75, 3.05) is 0 Å². The predicted octanol–water partition coefficient (Wildman–Crippen LogP) is 3.94. The Labute approximate surface area is 151 Å². The van der Waals surface area contributed by atoms with Crippen LogP contribution >= 0.6 is 0 Å². The van der Waals surface area contributed by atoms with Gasteiger partial charge in [0, 0.05) is 6.07 Å². The Kier molecular flexibility index (Phi) is 6.40. The van der Waals surface area contributed by atoms with Gasteiger partial charge in [0.15, 0.2) is 0 Å². The number of benzene rings is 2. The standard InChI is InChI=1S/C20H17N3O3/c1-15(16-8-3-2-4-9-16)22-20(24)18(14-21)12-7-11-17-10-5-6-13-19(17)23(25)26/h2-13,15H,1H3,(H,22,24)/b11-7+,18-12+. The quantitative estimate of drug-likeness (QED) is 0.281. The van der Waals surface area contributed by atoms with Crippen LogP contribution in [0.25, 0.3) is 6.08 Å². The molecule has 0 aliphatic heterocycles. The summed E-state index contributed by atoms with van der Waals surface area (Å²) in [5.74, 6) is -0.504. The first-order valence-electron chi connectivity index (χ1n) is 7.90. The molecule has 0 bridgehead atoms. The normalized spacial score (nSPS) is 12.4. The lowest BCUT2D eigenvalue weighted by Gasteiger charge is -2.13. The average molecular weight is 347 g/mol. The maximum absolute atomic E-state index is 12.2. The molecule has 0 aliphatic carbocycles. The highest BCUT2D eigenvalue weighted by Crippen LogP contribution is 2.19. The van der Waals surface area contributed by atoms with Crippen molar-refractivity contribution in [2.24, 2.45) is 0 Å². The fourth-order valence-corrected chi connectivity index (χ4v) is 2.31. The van der Waals surface area contributed by atoms with Gasteiger partial charge in [-0.1, -0.05) is 48.5 Å². The molecule has 0 fully saturated rings. The van der Waals surface area contributed by atoms with Gasteiger partial charge in [-0.25, -0.2) is 0 Å². The lowest BCUT2D eigenvalue weighted by Crippen LogP contribution is -2.27. The molecule has 1 amide bonds. The number of carbonyl (C=O) groups excluding carboxylic acids is 1. The van der Waals surface area contributed by atoms with Crippen LogP contribution in [0, 0.1) is 21.4 Å². The maximum atomic E-state index is 12.2. The first kappa shape index (κ1) is 18.6. The number of hydrogen-bond donors (Lipinski definition) is 1. The van der Waals surface area contributed by atoms with Crippen LogP contribution in [-0.4, -0.2) is 10.8 Å². The van der Waals surface area contributed by atoms with Gasteiger partial charge in [-0.3, -0.25) is 14.9 Å². The van der Waals surface area contributed by atoms with Crippen LogP contribution < -0.4 is 5.32 Å². The van der Waals surface area contributed by atoms with E-state index in [4.69, 9.17) is 0 Å². The molecule has 0 aliphatic rings. The molecule has 2 aromatic carbocycles. The molecule has 0 heterocycles. The molecular formula is C20H17N3O3. The molecule has 0 saturated carbocycles. The van der Waals surface area contributed by atoms with Crippen LogP contribution in [0.4, 0.5) is 5.69 Å². The van der Waals surface area contributed by atoms with E-state index < -0.39 is 10.8 Å². The number of amides is 1. The molecule has 2 aromatic rings. The summed E-state index contributed by atoms with van der Waals surface area (Å²) in [7, 11) is 0. The van der Waals surface area contributed by atoms with Crippen molar-refractivity contribution in [3.8, 4) is 6.07 Å². The molecule has 6 nitrogen and oxygen atoms in total. The third kappa shape index (κ3) is 4.89. The van der Waals surface area contributed by atoms with Gasteiger partial charge in [0.25, 0.3) is 11.6 Å². The van der Waals surface area contributed by atoms with Crippen LogP contribution in [0.2, 0.25) is 0 Å². The van der Waals surface area contributed by atoms with E-state index in [0.717, 1.165) is 5.56 Å². The SMILES string of the molecule is CC(NC(=O)/C(C#N)=C/C=C/c1ccccc1[N+](=O)[O-])c1ccccc1. The second kappa shape index (κ2) is 8.94. The third-order valence-electron chi connectivity index (χ3n) is 3.68. The predicted molar refractivity (Wildman–Crippen MR) is 98.8 cm³/mol. The first-order chi connectivity index (χ1) is 12.5. The van der Waals surface area contributed by atoms with Gasteiger partial charge in [-0.05, 0) is 30.7 Å². The summed E-state index contributed by atoms with van der Waals surface area (Å²) >= 11 is 0. The van der Waals surface area contributed by atoms with E-state index in [1.165, 1.54) is 24.3 Å². The molecular weight excluding hydrogens is 330 g/mol. The van der Waals surface area contributed by atoms with Gasteiger partial charge in [-0.15, -0.1) is 0 Å². The van der Waals surface area contributed by atoms with Crippen LogP contribution in [0.15, 0.2) is 72.3 Å². The van der Waals surface area contributed by atoms with E-state index in [-0.39, 0.29) is 17.3 Å². The Hall–Kier alpha value is -3.72. The Morgan fingerprint density at radius 1 is 1.19 bits per heavy atom. The van der Waals surface area contributed by atoms with E-state index in [9.17, 15) is 20.2 Å². The smallest absolute Gasteiger partial charge is 0.276 e. The molecule has 0 saturated heterocycles. The largest absolute Gasteiger partial charge is 0.345 e. The number of allylic oxidation sites excluding steroid dienone is 2. The number of nitro groups is 1. The minimum atomic E-state index is -0.504. The lowest BCUT2D eigenvalue weighted by atomic mass is 10.1. The topological polar surface area (TPSA) is 96.0 Å². The minimum absolute atomic E-state index is 0.0437. The van der Waals surface area contributed by atoms with Gasteiger partial charge in [0.2, 0.25) is 0 Å². The van der Waals surface area contributed by atoms with Crippen LogP contribution in [0.5, 0.6) is 0 Å². The van der Waals surface area contributed by atoms with E-state index in [1.54, 1.807) is 18.2 Å². The van der Waals surface area contributed by atoms with Gasteiger partial charge in [0.05, 0.1) is 16.5 Å². The zero-order chi connectivity index (χ0) is 18.9. The minimum Gasteiger partial charge on any atom is -0.345 e. The summed E-state index contributed by atoms with van der Waals surface area (Å²) in [6.45, 7) is 1.82. The van der Waals surface area contributed by atoms with E-state index >= 15 is 0 Å². The highest BCUT2D eigenvalue weighted by molar-refractivity contribution is 5.97. The van der Waals surface area contributed by atoms with Crippen molar-refractivity contribution >= 4 is 17.7 Å². The van der Waals surface area contributed by atoms with E-state index in [0.29, 0.717) is 5.56 Å². The molecule has 0 radical (unpaired) electrons. The summed E-state index contributed by atoms with van der Waals surface area (Å²) in [5, 5.41) is 22.9. The number of para-hydroxylation sites is 1. The third-order valence-corrected chi connectivity index (χ3v) is 3.68. The fourth-order valence-electron chi connectivity index (χ4n) is 2.31. The average Bonchev–Trinajstić information content (AvgIpc) is 2.66. The molecule has 1 atom stereocenters. The highest BCUT2D eigenvalue weighted by atomic mass is 16.6. The van der Waals surface area contributed by atoms with Crippen molar-refractivity contribution in [3.63, 3.8) is 0 Å². The zero-order valence-corrected chi connectivity index (χ0v) is 14.1. The molecule has 130 valence electrons. The summed E-state index contributed by atoms with van der Waals surface area (Å²) in [4.78, 5) is 22.7.